The van der Waals surface area contributed by atoms with Gasteiger partial charge in [-0.2, -0.15) is 0 Å². The van der Waals surface area contributed by atoms with Gasteiger partial charge in [-0.3, -0.25) is 34.7 Å². The number of benzene rings is 1. The Morgan fingerprint density at radius 2 is 1.79 bits per heavy atom. The number of nitrogens with one attached hydrogen (secondary N) is 4. The first kappa shape index (κ1) is 64.5. The molecule has 1 unspecified atom stereocenters. The van der Waals surface area contributed by atoms with Gasteiger partial charge in [-0.25, -0.2) is 19.6 Å². The fourth-order valence-electron chi connectivity index (χ4n) is 9.95. The van der Waals surface area contributed by atoms with E-state index in [0.717, 1.165) is 22.2 Å². The van der Waals surface area contributed by atoms with E-state index >= 15 is 0 Å². The molecule has 450 valence electrons. The van der Waals surface area contributed by atoms with Gasteiger partial charge >= 0.3 is 18.0 Å². The highest BCUT2D eigenvalue weighted by Crippen LogP contribution is 2.49. The number of aromatic nitrogens is 2. The summed E-state index contributed by atoms with van der Waals surface area (Å²) in [5, 5.41) is 32.0. The Balaban J connectivity index is 0.999. The molecule has 0 radical (unpaired) electrons. The predicted octanol–water partition coefficient (Wildman–Crippen LogP) is 3.02. The number of aliphatic hydroxyl groups is 1. The Kier molecular flexibility index (Phi) is 22.8. The quantitative estimate of drug-likeness (QED) is 0.0325. The number of anilines is 1. The second-order valence-electron chi connectivity index (χ2n) is 20.9. The first-order valence-electron chi connectivity index (χ1n) is 27.0. The van der Waals surface area contributed by atoms with Gasteiger partial charge < -0.3 is 68.4 Å². The lowest BCUT2D eigenvalue weighted by molar-refractivity contribution is -0.162. The number of allylic oxidation sites excluding steroid dienone is 3. The number of amides is 5. The number of hydrogen-bond acceptors (Lipinski definition) is 18. The number of hydrazine groups is 1. The second kappa shape index (κ2) is 29.0. The number of aryl methyl sites for hydroxylation is 1. The van der Waals surface area contributed by atoms with Crippen LogP contribution < -0.4 is 31.0 Å². The molecule has 4 bridgehead atoms. The van der Waals surface area contributed by atoms with Crippen molar-refractivity contribution in [2.75, 3.05) is 80.3 Å². The van der Waals surface area contributed by atoms with Gasteiger partial charge in [0.15, 0.2) is 5.72 Å². The maximum atomic E-state index is 14.4. The molecule has 5 amide bonds. The van der Waals surface area contributed by atoms with Crippen molar-refractivity contribution >= 4 is 70.0 Å². The summed E-state index contributed by atoms with van der Waals surface area (Å²) in [6.07, 6.45) is 1.19. The first-order chi connectivity index (χ1) is 38.9. The first-order valence-corrected chi connectivity index (χ1v) is 27.4. The molecule has 2 aromatic heterocycles. The van der Waals surface area contributed by atoms with E-state index in [4.69, 9.17) is 44.8 Å². The van der Waals surface area contributed by atoms with E-state index in [9.17, 15) is 43.8 Å². The van der Waals surface area contributed by atoms with Crippen LogP contribution in [0.2, 0.25) is 5.02 Å². The van der Waals surface area contributed by atoms with Gasteiger partial charge in [-0.15, -0.1) is 0 Å². The van der Waals surface area contributed by atoms with Gasteiger partial charge in [0.05, 0.1) is 71.1 Å². The van der Waals surface area contributed by atoms with Crippen LogP contribution in [0.4, 0.5) is 10.5 Å². The van der Waals surface area contributed by atoms with Crippen molar-refractivity contribution in [3.8, 4) is 5.75 Å². The number of esters is 1. The van der Waals surface area contributed by atoms with E-state index in [1.54, 1.807) is 58.4 Å². The highest BCUT2D eigenvalue weighted by atomic mass is 35.5. The summed E-state index contributed by atoms with van der Waals surface area (Å²) in [4.78, 5) is 99.6. The smallest absolute Gasteiger partial charge is 0.409 e. The number of likely N-dealkylation sites (N-methyl/N-ethyl adjacent to an activating group) is 1. The Bertz CT molecular complexity index is 2850. The molecule has 9 atom stereocenters. The van der Waals surface area contributed by atoms with Crippen molar-refractivity contribution in [1.82, 2.24) is 40.8 Å². The molecule has 5 heterocycles. The molecule has 2 saturated heterocycles. The van der Waals surface area contributed by atoms with Crippen molar-refractivity contribution in [3.63, 3.8) is 0 Å². The zero-order chi connectivity index (χ0) is 60.1. The van der Waals surface area contributed by atoms with Crippen molar-refractivity contribution in [2.45, 2.75) is 127 Å². The van der Waals surface area contributed by atoms with Crippen LogP contribution >= 0.6 is 11.6 Å². The number of nitrogens with zero attached hydrogens (tertiary/aromatic N) is 5. The summed E-state index contributed by atoms with van der Waals surface area (Å²) >= 11 is 6.82. The number of carboxylic acids is 1. The fraction of sp³-hybridized carbons (Fsp3) is 0.571. The highest BCUT2D eigenvalue weighted by Gasteiger charge is 2.64. The van der Waals surface area contributed by atoms with Crippen molar-refractivity contribution in [2.24, 2.45) is 5.92 Å². The number of ether oxygens (including phenoxy) is 7. The minimum absolute atomic E-state index is 0.00258. The third-order valence-electron chi connectivity index (χ3n) is 15.0. The molecule has 26 heteroatoms. The van der Waals surface area contributed by atoms with Crippen molar-refractivity contribution < 1.29 is 76.9 Å². The van der Waals surface area contributed by atoms with Gasteiger partial charge in [-0.1, -0.05) is 42.3 Å². The third-order valence-corrected chi connectivity index (χ3v) is 15.4. The number of epoxide rings is 1. The van der Waals surface area contributed by atoms with Crippen LogP contribution in [-0.2, 0) is 76.7 Å². The number of aliphatic carboxylic acids is 1. The number of pyridine rings is 1. The number of carbonyl (C=O) groups is 7. The maximum absolute atomic E-state index is 14.4. The number of carbonyl (C=O) groups excluding carboxylic acids is 6. The Morgan fingerprint density at radius 1 is 1.06 bits per heavy atom. The number of hydrogen-bond donors (Lipinski definition) is 6. The Labute approximate surface area is 481 Å². The molecule has 6 rings (SSSR count). The number of carboxylic acid groups (broad SMARTS) is 1. The van der Waals surface area contributed by atoms with Crippen LogP contribution in [-0.4, -0.2) is 195 Å². The SMILES string of the molecule is CNN(C)Cc1cc2cccnc2n1CCC(=O)N[C@@H](CC(=O)O)C(=O)NCCOCCOCCC(=O)N(C)[C@@H](C)C(=O)O[C@H]1CC(=O)N(C)c2cc(cc(OC)c2Cl)C/C(C)=C/C=C/[C@@H](OC)[C@@]2(O)C[C@H](OC(=O)N2)[C@@H](C)C2O[C@]21C. The maximum Gasteiger partial charge on any atom is 0.409 e. The minimum atomic E-state index is -1.89. The largest absolute Gasteiger partial charge is 0.495 e. The zero-order valence-electron chi connectivity index (χ0n) is 48.2. The lowest BCUT2D eigenvalue weighted by Gasteiger charge is -2.42. The van der Waals surface area contributed by atoms with E-state index in [2.05, 4.69) is 26.4 Å². The van der Waals surface area contributed by atoms with E-state index in [-0.39, 0.29) is 63.8 Å². The summed E-state index contributed by atoms with van der Waals surface area (Å²) in [5.41, 5.74) is 3.43. The molecule has 0 saturated carbocycles. The zero-order valence-corrected chi connectivity index (χ0v) is 48.9. The minimum Gasteiger partial charge on any atom is -0.495 e. The van der Waals surface area contributed by atoms with Crippen LogP contribution in [0.3, 0.4) is 0 Å². The van der Waals surface area contributed by atoms with Crippen LogP contribution in [0.15, 0.2) is 60.3 Å². The van der Waals surface area contributed by atoms with Crippen LogP contribution in [0.5, 0.6) is 5.75 Å². The van der Waals surface area contributed by atoms with Crippen LogP contribution in [0.25, 0.3) is 11.0 Å². The van der Waals surface area contributed by atoms with E-state index in [1.807, 2.05) is 47.8 Å². The van der Waals surface area contributed by atoms with E-state index < -0.39 is 108 Å². The lowest BCUT2D eigenvalue weighted by atomic mass is 9.83. The molecule has 3 aromatic rings. The van der Waals surface area contributed by atoms with E-state index in [0.29, 0.717) is 30.0 Å². The fourth-order valence-corrected chi connectivity index (χ4v) is 10.3. The summed E-state index contributed by atoms with van der Waals surface area (Å²) in [5.74, 6) is -4.55. The number of rotatable bonds is 24. The molecule has 0 aliphatic carbocycles. The summed E-state index contributed by atoms with van der Waals surface area (Å²) < 4.78 is 42.5. The van der Waals surface area contributed by atoms with Gasteiger partial charge in [0.25, 0.3) is 0 Å². The molecular formula is C56H78ClN9O16. The predicted molar refractivity (Wildman–Crippen MR) is 299 cm³/mol. The van der Waals surface area contributed by atoms with Gasteiger partial charge in [0, 0.05) is 77.4 Å². The molecule has 3 aliphatic rings. The summed E-state index contributed by atoms with van der Waals surface area (Å²) in [6, 6.07) is 6.77. The average Bonchev–Trinajstić information content (AvgIpc) is 4.23. The van der Waals surface area contributed by atoms with Crippen molar-refractivity contribution in [3.05, 3.63) is 76.6 Å². The monoisotopic (exact) mass is 1170 g/mol. The Hall–Kier alpha value is -6.71. The van der Waals surface area contributed by atoms with Crippen molar-refractivity contribution in [1.29, 1.82) is 0 Å². The lowest BCUT2D eigenvalue weighted by Crippen LogP contribution is -2.63. The molecule has 25 nitrogen and oxygen atoms in total. The number of alkyl carbamates (subject to hydrolysis) is 1. The number of halogens is 1. The number of methoxy groups -OCH3 is 2. The van der Waals surface area contributed by atoms with Crippen LogP contribution in [0.1, 0.15) is 71.1 Å². The summed E-state index contributed by atoms with van der Waals surface area (Å²) in [6.45, 7) is 7.72. The molecule has 2 fully saturated rings. The molecular weight excluding hydrogens is 1090 g/mol. The van der Waals surface area contributed by atoms with Gasteiger partial charge in [0.1, 0.15) is 52.4 Å². The molecule has 6 N–H and O–H groups in total. The van der Waals surface area contributed by atoms with Gasteiger partial charge in [0.2, 0.25) is 23.6 Å². The summed E-state index contributed by atoms with van der Waals surface area (Å²) in [7, 11) is 9.51. The topological polar surface area (TPSA) is 304 Å². The Morgan fingerprint density at radius 3 is 2.49 bits per heavy atom. The average molecular weight is 1170 g/mol. The second-order valence-corrected chi connectivity index (χ2v) is 21.3. The van der Waals surface area contributed by atoms with Crippen LogP contribution in [0, 0.1) is 5.92 Å². The molecule has 1 aromatic carbocycles. The normalized spacial score (nSPS) is 24.7. The van der Waals surface area contributed by atoms with E-state index in [1.165, 1.54) is 38.0 Å². The molecule has 82 heavy (non-hydrogen) atoms. The number of fused-ring (bicyclic) bond motifs is 6. The molecule has 3 aliphatic heterocycles. The molecule has 0 spiro atoms. The third kappa shape index (κ3) is 16.5. The van der Waals surface area contributed by atoms with Gasteiger partial charge in [-0.05, 0) is 70.1 Å². The highest BCUT2D eigenvalue weighted by molar-refractivity contribution is 6.35. The standard InChI is InChI=1S/C56H78ClN9O16/c1-33-13-11-15-43(77-10)56(75)31-42(80-54(74)62-56)34(2)50-55(4,82-50)44(30-47(69)65(8)40-26-36(25-33)27-41(76-9)49(40)57)81-53(73)35(3)64(7)46(68)17-21-78-23-24-79-22-19-60-52(72)39(29-48(70)71)61-45(67)16-20-66-38(32-63(6)58-5)28-37-14-12-18-59-51(37)66/h11-15,18,26-28,34-35,39,42-44,50,58,75H,16-17,19-25,29-32H2,1-10H3,(H,60,72)(H,61,67)(H,62,74)(H,70,71)/b15-11+,33-13+/t34-,35+,39+,42+,43-,44+,50?,55+,56+/m1/s1.